The molecule has 0 radical (unpaired) electrons. The molecule has 0 aliphatic heterocycles. The molecule has 14 heavy (non-hydrogen) atoms. The Balaban J connectivity index is 2.66. The summed E-state index contributed by atoms with van der Waals surface area (Å²) in [5, 5.41) is 5.77. The van der Waals surface area contributed by atoms with Gasteiger partial charge in [0.05, 0.1) is 3.79 Å². The van der Waals surface area contributed by atoms with Crippen molar-refractivity contribution in [2.75, 3.05) is 6.54 Å². The van der Waals surface area contributed by atoms with Crippen LogP contribution < -0.4 is 5.32 Å². The van der Waals surface area contributed by atoms with Gasteiger partial charge in [-0.15, -0.1) is 11.3 Å². The van der Waals surface area contributed by atoms with Crippen LogP contribution in [0.4, 0.5) is 0 Å². The molecule has 1 atom stereocenters. The van der Waals surface area contributed by atoms with E-state index in [0.717, 1.165) is 12.5 Å². The van der Waals surface area contributed by atoms with E-state index in [1.54, 1.807) is 11.3 Å². The molecule has 1 aromatic rings. The molecule has 0 amide bonds. The van der Waals surface area contributed by atoms with Gasteiger partial charge in [0.15, 0.2) is 0 Å². The Bertz CT molecular complexity index is 270. The summed E-state index contributed by atoms with van der Waals surface area (Å²) in [4.78, 5) is 0. The highest BCUT2D eigenvalue weighted by Gasteiger charge is 2.13. The molecule has 0 bridgehead atoms. The van der Waals surface area contributed by atoms with Crippen molar-refractivity contribution < 1.29 is 0 Å². The Morgan fingerprint density at radius 3 is 2.64 bits per heavy atom. The molecule has 80 valence electrons. The first kappa shape index (κ1) is 12.2. The van der Waals surface area contributed by atoms with Crippen LogP contribution in [0.5, 0.6) is 0 Å². The lowest BCUT2D eigenvalue weighted by Gasteiger charge is -2.18. The molecule has 1 rings (SSSR count). The highest BCUT2D eigenvalue weighted by Crippen LogP contribution is 2.28. The van der Waals surface area contributed by atoms with Gasteiger partial charge in [-0.2, -0.15) is 0 Å². The number of rotatable bonds is 5. The van der Waals surface area contributed by atoms with Gasteiger partial charge < -0.3 is 5.32 Å². The first-order valence-electron chi connectivity index (χ1n) is 5.10. The summed E-state index contributed by atoms with van der Waals surface area (Å²) in [6.45, 7) is 7.73. The fourth-order valence-corrected chi connectivity index (χ4v) is 2.79. The number of nitrogens with one attached hydrogen (secondary N) is 1. The van der Waals surface area contributed by atoms with Gasteiger partial charge in [0.1, 0.15) is 0 Å². The Hall–Kier alpha value is 0.140. The topological polar surface area (TPSA) is 12.0 Å². The second kappa shape index (κ2) is 5.89. The van der Waals surface area contributed by atoms with Crippen LogP contribution in [0.1, 0.15) is 38.8 Å². The van der Waals surface area contributed by atoms with Crippen LogP contribution in [0, 0.1) is 5.92 Å². The molecule has 1 heterocycles. The van der Waals surface area contributed by atoms with Crippen molar-refractivity contribution in [1.29, 1.82) is 0 Å². The minimum atomic E-state index is 0.516. The van der Waals surface area contributed by atoms with E-state index in [4.69, 9.17) is 0 Å². The number of thiophene rings is 1. The van der Waals surface area contributed by atoms with Crippen molar-refractivity contribution in [2.24, 2.45) is 5.92 Å². The molecule has 0 spiro atoms. The minimum Gasteiger partial charge on any atom is -0.310 e. The fraction of sp³-hybridized carbons (Fsp3) is 0.636. The van der Waals surface area contributed by atoms with Crippen LogP contribution in [0.15, 0.2) is 15.2 Å². The summed E-state index contributed by atoms with van der Waals surface area (Å²) in [7, 11) is 0. The van der Waals surface area contributed by atoms with Crippen molar-refractivity contribution in [3.05, 3.63) is 20.8 Å². The van der Waals surface area contributed by atoms with Gasteiger partial charge in [0.25, 0.3) is 0 Å². The zero-order chi connectivity index (χ0) is 10.6. The Morgan fingerprint density at radius 1 is 1.50 bits per heavy atom. The van der Waals surface area contributed by atoms with Crippen molar-refractivity contribution in [3.63, 3.8) is 0 Å². The lowest BCUT2D eigenvalue weighted by atomic mass is 9.99. The lowest BCUT2D eigenvalue weighted by molar-refractivity contribution is 0.439. The van der Waals surface area contributed by atoms with Crippen LogP contribution in [0.2, 0.25) is 0 Å². The molecular weight excluding hydrogens is 258 g/mol. The standard InChI is InChI=1S/C11H18BrNS/c1-4-13-10(5-8(2)3)9-6-11(12)14-7-9/h6-8,10,13H,4-5H2,1-3H3. The number of halogens is 1. The molecule has 0 aromatic carbocycles. The molecule has 0 aliphatic rings. The SMILES string of the molecule is CCNC(CC(C)C)c1csc(Br)c1. The van der Waals surface area contributed by atoms with Gasteiger partial charge in [0, 0.05) is 6.04 Å². The summed E-state index contributed by atoms with van der Waals surface area (Å²) in [5.41, 5.74) is 1.41. The van der Waals surface area contributed by atoms with E-state index in [9.17, 15) is 0 Å². The predicted octanol–water partition coefficient (Wildman–Crippen LogP) is 4.21. The van der Waals surface area contributed by atoms with Crippen LogP contribution in [-0.2, 0) is 0 Å². The van der Waals surface area contributed by atoms with E-state index in [-0.39, 0.29) is 0 Å². The smallest absolute Gasteiger partial charge is 0.0701 e. The van der Waals surface area contributed by atoms with E-state index in [1.165, 1.54) is 15.8 Å². The average molecular weight is 276 g/mol. The molecule has 1 unspecified atom stereocenters. The highest BCUT2D eigenvalue weighted by atomic mass is 79.9. The van der Waals surface area contributed by atoms with Gasteiger partial charge in [0.2, 0.25) is 0 Å². The first-order chi connectivity index (χ1) is 6.63. The van der Waals surface area contributed by atoms with Crippen LogP contribution in [0.3, 0.4) is 0 Å². The highest BCUT2D eigenvalue weighted by molar-refractivity contribution is 9.11. The van der Waals surface area contributed by atoms with Crippen LogP contribution in [0.25, 0.3) is 0 Å². The lowest BCUT2D eigenvalue weighted by Crippen LogP contribution is -2.21. The zero-order valence-electron chi connectivity index (χ0n) is 9.01. The van der Waals surface area contributed by atoms with Gasteiger partial charge in [-0.1, -0.05) is 20.8 Å². The maximum absolute atomic E-state index is 3.53. The molecule has 1 N–H and O–H groups in total. The second-order valence-electron chi connectivity index (χ2n) is 3.92. The van der Waals surface area contributed by atoms with Gasteiger partial charge in [-0.05, 0) is 51.8 Å². The molecule has 0 aliphatic carbocycles. The quantitative estimate of drug-likeness (QED) is 0.849. The minimum absolute atomic E-state index is 0.516. The average Bonchev–Trinajstić information content (AvgIpc) is 2.50. The number of hydrogen-bond donors (Lipinski definition) is 1. The third kappa shape index (κ3) is 3.71. The van der Waals surface area contributed by atoms with Crippen LogP contribution >= 0.6 is 27.3 Å². The van der Waals surface area contributed by atoms with Gasteiger partial charge >= 0.3 is 0 Å². The van der Waals surface area contributed by atoms with Crippen LogP contribution in [-0.4, -0.2) is 6.54 Å². The van der Waals surface area contributed by atoms with E-state index >= 15 is 0 Å². The molecule has 0 fully saturated rings. The van der Waals surface area contributed by atoms with Crippen molar-refractivity contribution >= 4 is 27.3 Å². The van der Waals surface area contributed by atoms with Crippen molar-refractivity contribution in [3.8, 4) is 0 Å². The van der Waals surface area contributed by atoms with E-state index in [0.29, 0.717) is 6.04 Å². The zero-order valence-corrected chi connectivity index (χ0v) is 11.4. The third-order valence-electron chi connectivity index (χ3n) is 2.15. The second-order valence-corrected chi connectivity index (χ2v) is 6.21. The Kier molecular flexibility index (Phi) is 5.13. The van der Waals surface area contributed by atoms with Crippen molar-refractivity contribution in [1.82, 2.24) is 5.32 Å². The summed E-state index contributed by atoms with van der Waals surface area (Å²) in [6, 6.07) is 2.74. The third-order valence-corrected chi connectivity index (χ3v) is 3.67. The summed E-state index contributed by atoms with van der Waals surface area (Å²) >= 11 is 5.27. The molecule has 0 saturated heterocycles. The maximum Gasteiger partial charge on any atom is 0.0701 e. The molecular formula is C11H18BrNS. The fourth-order valence-electron chi connectivity index (χ4n) is 1.56. The summed E-state index contributed by atoms with van der Waals surface area (Å²) in [6.07, 6.45) is 1.21. The van der Waals surface area contributed by atoms with E-state index in [1.807, 2.05) is 0 Å². The van der Waals surface area contributed by atoms with E-state index in [2.05, 4.69) is 53.5 Å². The maximum atomic E-state index is 3.53. The van der Waals surface area contributed by atoms with Crippen molar-refractivity contribution in [2.45, 2.75) is 33.2 Å². The summed E-state index contributed by atoms with van der Waals surface area (Å²) in [5.74, 6) is 0.734. The molecule has 1 nitrogen and oxygen atoms in total. The normalized spacial score (nSPS) is 13.5. The largest absolute Gasteiger partial charge is 0.310 e. The number of hydrogen-bond acceptors (Lipinski definition) is 2. The predicted molar refractivity (Wildman–Crippen MR) is 67.9 cm³/mol. The molecule has 1 aromatic heterocycles. The monoisotopic (exact) mass is 275 g/mol. The first-order valence-corrected chi connectivity index (χ1v) is 6.78. The summed E-state index contributed by atoms with van der Waals surface area (Å²) < 4.78 is 1.22. The molecule has 0 saturated carbocycles. The molecule has 3 heteroatoms. The Labute approximate surface area is 99.0 Å². The van der Waals surface area contributed by atoms with Gasteiger partial charge in [-0.25, -0.2) is 0 Å². The Morgan fingerprint density at radius 2 is 2.21 bits per heavy atom. The van der Waals surface area contributed by atoms with Gasteiger partial charge in [-0.3, -0.25) is 0 Å². The van der Waals surface area contributed by atoms with E-state index < -0.39 is 0 Å².